The van der Waals surface area contributed by atoms with Gasteiger partial charge in [-0.1, -0.05) is 23.7 Å². The average molecular weight is 397 g/mol. The van der Waals surface area contributed by atoms with Crippen LogP contribution >= 0.6 is 11.6 Å². The van der Waals surface area contributed by atoms with Crippen molar-refractivity contribution in [2.45, 2.75) is 19.4 Å². The quantitative estimate of drug-likeness (QED) is 0.707. The summed E-state index contributed by atoms with van der Waals surface area (Å²) < 4.78 is 5.35. The topological polar surface area (TPSA) is 71.3 Å². The molecule has 7 heteroatoms. The molecule has 0 spiro atoms. The van der Waals surface area contributed by atoms with Gasteiger partial charge in [-0.2, -0.15) is 0 Å². The van der Waals surface area contributed by atoms with E-state index in [9.17, 15) is 4.79 Å². The standard InChI is InChI=1S/C21H21ClN4O2/c22-17-7-5-15(6-8-17)13-23-21(27)16-3-1-11-26(14-16)20-10-9-18(24-25-20)19-4-2-12-28-19/h2,4-10,12,16H,1,3,11,13-14H2,(H,23,27). The number of halogens is 1. The van der Waals surface area contributed by atoms with Crippen LogP contribution in [0.25, 0.3) is 11.5 Å². The molecule has 6 nitrogen and oxygen atoms in total. The molecule has 3 aromatic rings. The zero-order chi connectivity index (χ0) is 19.3. The van der Waals surface area contributed by atoms with Crippen molar-refractivity contribution in [2.75, 3.05) is 18.0 Å². The van der Waals surface area contributed by atoms with Gasteiger partial charge in [-0.05, 0) is 54.8 Å². The van der Waals surface area contributed by atoms with Gasteiger partial charge in [-0.15, -0.1) is 10.2 Å². The summed E-state index contributed by atoms with van der Waals surface area (Å²) in [4.78, 5) is 14.7. The zero-order valence-corrected chi connectivity index (χ0v) is 16.1. The van der Waals surface area contributed by atoms with Crippen molar-refractivity contribution in [1.82, 2.24) is 15.5 Å². The Morgan fingerprint density at radius 3 is 2.75 bits per heavy atom. The predicted molar refractivity (Wildman–Crippen MR) is 108 cm³/mol. The van der Waals surface area contributed by atoms with Gasteiger partial charge in [0.1, 0.15) is 5.69 Å². The van der Waals surface area contributed by atoms with Gasteiger partial charge in [-0.25, -0.2) is 0 Å². The third-order valence-corrected chi connectivity index (χ3v) is 5.17. The number of nitrogens with one attached hydrogen (secondary N) is 1. The third-order valence-electron chi connectivity index (χ3n) is 4.92. The fourth-order valence-electron chi connectivity index (χ4n) is 3.38. The molecule has 3 heterocycles. The smallest absolute Gasteiger partial charge is 0.225 e. The van der Waals surface area contributed by atoms with Crippen LogP contribution in [0.2, 0.25) is 5.02 Å². The first-order valence-corrected chi connectivity index (χ1v) is 9.71. The Labute approximate surface area is 168 Å². The summed E-state index contributed by atoms with van der Waals surface area (Å²) in [6.07, 6.45) is 3.43. The van der Waals surface area contributed by atoms with Crippen LogP contribution in [0.1, 0.15) is 18.4 Å². The van der Waals surface area contributed by atoms with E-state index in [1.165, 1.54) is 0 Å². The van der Waals surface area contributed by atoms with E-state index in [1.807, 2.05) is 48.5 Å². The summed E-state index contributed by atoms with van der Waals surface area (Å²) in [6.45, 7) is 2.02. The Bertz CT molecular complexity index is 911. The number of hydrogen-bond donors (Lipinski definition) is 1. The van der Waals surface area contributed by atoms with Crippen LogP contribution in [0.15, 0.2) is 59.2 Å². The number of aromatic nitrogens is 2. The van der Waals surface area contributed by atoms with Gasteiger partial charge < -0.3 is 14.6 Å². The Morgan fingerprint density at radius 2 is 2.04 bits per heavy atom. The molecule has 1 amide bonds. The molecule has 1 atom stereocenters. The summed E-state index contributed by atoms with van der Waals surface area (Å²) in [7, 11) is 0. The second-order valence-electron chi connectivity index (χ2n) is 6.88. The van der Waals surface area contributed by atoms with Crippen molar-refractivity contribution in [3.63, 3.8) is 0 Å². The van der Waals surface area contributed by atoms with Crippen LogP contribution in [0.5, 0.6) is 0 Å². The third kappa shape index (κ3) is 4.34. The highest BCUT2D eigenvalue weighted by Crippen LogP contribution is 2.23. The van der Waals surface area contributed by atoms with Gasteiger partial charge in [0.05, 0.1) is 12.2 Å². The summed E-state index contributed by atoms with van der Waals surface area (Å²) >= 11 is 5.90. The Kier molecular flexibility index (Phi) is 5.58. The number of piperidine rings is 1. The monoisotopic (exact) mass is 396 g/mol. The molecule has 4 rings (SSSR count). The predicted octanol–water partition coefficient (Wildman–Crippen LogP) is 3.92. The van der Waals surface area contributed by atoms with E-state index in [4.69, 9.17) is 16.0 Å². The second-order valence-corrected chi connectivity index (χ2v) is 7.32. The number of carbonyl (C=O) groups excluding carboxylic acids is 1. The fourth-order valence-corrected chi connectivity index (χ4v) is 3.51. The van der Waals surface area contributed by atoms with Crippen LogP contribution in [-0.4, -0.2) is 29.2 Å². The molecule has 1 unspecified atom stereocenters. The van der Waals surface area contributed by atoms with E-state index in [-0.39, 0.29) is 11.8 Å². The van der Waals surface area contributed by atoms with Crippen molar-refractivity contribution in [3.8, 4) is 11.5 Å². The largest absolute Gasteiger partial charge is 0.463 e. The molecule has 1 aliphatic heterocycles. The number of rotatable bonds is 5. The highest BCUT2D eigenvalue weighted by Gasteiger charge is 2.26. The van der Waals surface area contributed by atoms with Crippen molar-refractivity contribution in [1.29, 1.82) is 0 Å². The SMILES string of the molecule is O=C(NCc1ccc(Cl)cc1)C1CCCN(c2ccc(-c3ccco3)nn2)C1. The van der Waals surface area contributed by atoms with Gasteiger partial charge in [0.25, 0.3) is 0 Å². The molecule has 0 saturated carbocycles. The van der Waals surface area contributed by atoms with Crippen molar-refractivity contribution >= 4 is 23.3 Å². The number of amides is 1. The van der Waals surface area contributed by atoms with Crippen molar-refractivity contribution in [3.05, 3.63) is 65.4 Å². The number of furan rings is 1. The minimum Gasteiger partial charge on any atom is -0.463 e. The lowest BCUT2D eigenvalue weighted by Crippen LogP contribution is -2.43. The van der Waals surface area contributed by atoms with Crippen LogP contribution < -0.4 is 10.2 Å². The summed E-state index contributed by atoms with van der Waals surface area (Å²) in [6, 6.07) is 15.0. The van der Waals surface area contributed by atoms with Crippen molar-refractivity contribution in [2.24, 2.45) is 5.92 Å². The van der Waals surface area contributed by atoms with Crippen LogP contribution in [0.3, 0.4) is 0 Å². The van der Waals surface area contributed by atoms with E-state index in [0.717, 1.165) is 30.8 Å². The Morgan fingerprint density at radius 1 is 1.18 bits per heavy atom. The Hall–Kier alpha value is -2.86. The molecule has 1 fully saturated rings. The van der Waals surface area contributed by atoms with Crippen molar-refractivity contribution < 1.29 is 9.21 Å². The number of hydrogen-bond acceptors (Lipinski definition) is 5. The lowest BCUT2D eigenvalue weighted by atomic mass is 9.97. The van der Waals surface area contributed by atoms with E-state index in [1.54, 1.807) is 6.26 Å². The molecule has 144 valence electrons. The van der Waals surface area contributed by atoms with E-state index < -0.39 is 0 Å². The maximum absolute atomic E-state index is 12.6. The van der Waals surface area contributed by atoms with Gasteiger partial charge in [-0.3, -0.25) is 4.79 Å². The molecular formula is C21H21ClN4O2. The number of anilines is 1. The minimum atomic E-state index is -0.0624. The first-order valence-electron chi connectivity index (χ1n) is 9.34. The molecular weight excluding hydrogens is 376 g/mol. The molecule has 28 heavy (non-hydrogen) atoms. The fraction of sp³-hybridized carbons (Fsp3) is 0.286. The molecule has 2 aromatic heterocycles. The highest BCUT2D eigenvalue weighted by molar-refractivity contribution is 6.30. The summed E-state index contributed by atoms with van der Waals surface area (Å²) in [5, 5.41) is 12.3. The van der Waals surface area contributed by atoms with Gasteiger partial charge in [0.2, 0.25) is 5.91 Å². The molecule has 1 aliphatic rings. The lowest BCUT2D eigenvalue weighted by molar-refractivity contribution is -0.125. The molecule has 1 N–H and O–H groups in total. The number of benzene rings is 1. The number of carbonyl (C=O) groups is 1. The molecule has 0 aliphatic carbocycles. The molecule has 1 aromatic carbocycles. The van der Waals surface area contributed by atoms with Gasteiger partial charge in [0.15, 0.2) is 11.6 Å². The lowest BCUT2D eigenvalue weighted by Gasteiger charge is -2.32. The first kappa shape index (κ1) is 18.5. The summed E-state index contributed by atoms with van der Waals surface area (Å²) in [5.74, 6) is 1.48. The van der Waals surface area contributed by atoms with Crippen LogP contribution in [0, 0.1) is 5.92 Å². The second kappa shape index (κ2) is 8.44. The van der Waals surface area contributed by atoms with E-state index in [0.29, 0.717) is 29.6 Å². The molecule has 0 bridgehead atoms. The minimum absolute atomic E-state index is 0.0624. The van der Waals surface area contributed by atoms with Gasteiger partial charge in [0, 0.05) is 24.7 Å². The normalized spacial score (nSPS) is 16.8. The van der Waals surface area contributed by atoms with E-state index in [2.05, 4.69) is 20.4 Å². The summed E-state index contributed by atoms with van der Waals surface area (Å²) in [5.41, 5.74) is 1.73. The first-order chi connectivity index (χ1) is 13.7. The van der Waals surface area contributed by atoms with Gasteiger partial charge >= 0.3 is 0 Å². The molecule has 1 saturated heterocycles. The van der Waals surface area contributed by atoms with Crippen LogP contribution in [0.4, 0.5) is 5.82 Å². The zero-order valence-electron chi connectivity index (χ0n) is 15.3. The van der Waals surface area contributed by atoms with Crippen LogP contribution in [-0.2, 0) is 11.3 Å². The Balaban J connectivity index is 1.35. The average Bonchev–Trinajstić information content (AvgIpc) is 3.28. The van der Waals surface area contributed by atoms with E-state index >= 15 is 0 Å². The molecule has 0 radical (unpaired) electrons. The highest BCUT2D eigenvalue weighted by atomic mass is 35.5. The maximum Gasteiger partial charge on any atom is 0.225 e. The maximum atomic E-state index is 12.6. The number of nitrogens with zero attached hydrogens (tertiary/aromatic N) is 3.